The largest absolute Gasteiger partial charge is 0.332 e. The Labute approximate surface area is 156 Å². The van der Waals surface area contributed by atoms with E-state index in [9.17, 15) is 9.59 Å². The Morgan fingerprint density at radius 3 is 2.33 bits per heavy atom. The Hall–Kier alpha value is -3.09. The van der Waals surface area contributed by atoms with Gasteiger partial charge in [0.2, 0.25) is 5.78 Å². The van der Waals surface area contributed by atoms with E-state index < -0.39 is 0 Å². The first kappa shape index (κ1) is 17.3. The van der Waals surface area contributed by atoms with Crippen LogP contribution in [0.25, 0.3) is 22.6 Å². The van der Waals surface area contributed by atoms with Gasteiger partial charge in [0.15, 0.2) is 11.2 Å². The Bertz CT molecular complexity index is 1350. The van der Waals surface area contributed by atoms with Gasteiger partial charge in [-0.25, -0.2) is 4.79 Å². The Morgan fingerprint density at radius 1 is 1.00 bits per heavy atom. The third-order valence-corrected chi connectivity index (χ3v) is 5.58. The van der Waals surface area contributed by atoms with Crippen LogP contribution in [0.1, 0.15) is 29.4 Å². The van der Waals surface area contributed by atoms with Gasteiger partial charge < -0.3 is 0 Å². The molecular formula is C20H23N5O2. The van der Waals surface area contributed by atoms with Crippen LogP contribution in [-0.4, -0.2) is 23.1 Å². The topological polar surface area (TPSA) is 66.2 Å². The lowest BCUT2D eigenvalue weighted by Crippen LogP contribution is -2.38. The molecule has 27 heavy (non-hydrogen) atoms. The average Bonchev–Trinajstić information content (AvgIpc) is 3.13. The third kappa shape index (κ3) is 2.17. The number of imidazole rings is 2. The molecule has 0 aliphatic rings. The van der Waals surface area contributed by atoms with E-state index in [0.29, 0.717) is 23.5 Å². The summed E-state index contributed by atoms with van der Waals surface area (Å²) in [5, 5.41) is 0. The molecule has 0 amide bonds. The van der Waals surface area contributed by atoms with Crippen molar-refractivity contribution >= 4 is 16.9 Å². The second-order valence-corrected chi connectivity index (χ2v) is 7.09. The van der Waals surface area contributed by atoms with Gasteiger partial charge in [-0.05, 0) is 57.9 Å². The molecule has 0 atom stereocenters. The molecular weight excluding hydrogens is 342 g/mol. The molecule has 7 heteroatoms. The lowest BCUT2D eigenvalue weighted by Gasteiger charge is -2.09. The fraction of sp³-hybridized carbons (Fsp3) is 0.350. The van der Waals surface area contributed by atoms with E-state index in [1.165, 1.54) is 20.3 Å². The predicted octanol–water partition coefficient (Wildman–Crippen LogP) is 2.39. The third-order valence-electron chi connectivity index (χ3n) is 5.58. The minimum Gasteiger partial charge on any atom is -0.283 e. The van der Waals surface area contributed by atoms with Gasteiger partial charge in [-0.3, -0.25) is 22.9 Å². The maximum atomic E-state index is 13.0. The van der Waals surface area contributed by atoms with Crippen molar-refractivity contribution in [1.29, 1.82) is 0 Å². The number of fused-ring (bicyclic) bond motifs is 3. The first-order valence-electron chi connectivity index (χ1n) is 9.05. The minimum absolute atomic E-state index is 0.302. The lowest BCUT2D eigenvalue weighted by atomic mass is 10.1. The molecule has 3 heterocycles. The van der Waals surface area contributed by atoms with E-state index in [-0.39, 0.29) is 11.2 Å². The average molecular weight is 365 g/mol. The SMILES string of the molecule is CCn1c(=O)c2c(nc3n(-c4ccc(C)c(C)c4)c(C)c(C)n23)n(C)c1=O. The zero-order valence-electron chi connectivity index (χ0n) is 16.5. The summed E-state index contributed by atoms with van der Waals surface area (Å²) in [6.07, 6.45) is 0. The van der Waals surface area contributed by atoms with Crippen molar-refractivity contribution in [2.45, 2.75) is 41.2 Å². The zero-order chi connectivity index (χ0) is 19.6. The number of aromatic nitrogens is 5. The molecule has 3 aromatic heterocycles. The molecule has 0 N–H and O–H groups in total. The standard InChI is InChI=1S/C20H23N5O2/c1-7-23-18(26)16-17(22(6)20(23)27)21-19-24(13(4)14(5)25(16)19)15-9-8-11(2)12(3)10-15/h8-10H,7H2,1-6H3. The van der Waals surface area contributed by atoms with Crippen molar-refractivity contribution in [2.75, 3.05) is 0 Å². The van der Waals surface area contributed by atoms with Crippen molar-refractivity contribution in [3.63, 3.8) is 0 Å². The van der Waals surface area contributed by atoms with Gasteiger partial charge in [0, 0.05) is 30.7 Å². The number of benzene rings is 1. The fourth-order valence-electron chi connectivity index (χ4n) is 3.70. The molecule has 0 saturated carbocycles. The first-order valence-corrected chi connectivity index (χ1v) is 9.05. The smallest absolute Gasteiger partial charge is 0.283 e. The summed E-state index contributed by atoms with van der Waals surface area (Å²) in [5.41, 5.74) is 5.55. The van der Waals surface area contributed by atoms with Gasteiger partial charge in [0.1, 0.15) is 0 Å². The van der Waals surface area contributed by atoms with Gasteiger partial charge in [-0.2, -0.15) is 4.98 Å². The van der Waals surface area contributed by atoms with Crippen LogP contribution in [0.15, 0.2) is 27.8 Å². The second kappa shape index (κ2) is 5.70. The van der Waals surface area contributed by atoms with Crippen molar-refractivity contribution in [3.8, 4) is 5.69 Å². The van der Waals surface area contributed by atoms with Gasteiger partial charge in [0.25, 0.3) is 5.56 Å². The Morgan fingerprint density at radius 2 is 1.70 bits per heavy atom. The molecule has 1 aromatic carbocycles. The Kier molecular flexibility index (Phi) is 3.66. The highest BCUT2D eigenvalue weighted by Crippen LogP contribution is 2.25. The first-order chi connectivity index (χ1) is 12.8. The van der Waals surface area contributed by atoms with E-state index in [2.05, 4.69) is 32.0 Å². The summed E-state index contributed by atoms with van der Waals surface area (Å²) in [6.45, 7) is 10.3. The number of nitrogens with zero attached hydrogens (tertiary/aromatic N) is 5. The fourth-order valence-corrected chi connectivity index (χ4v) is 3.70. The van der Waals surface area contributed by atoms with Crippen LogP contribution in [-0.2, 0) is 13.6 Å². The number of hydrogen-bond donors (Lipinski definition) is 0. The van der Waals surface area contributed by atoms with Gasteiger partial charge in [-0.15, -0.1) is 0 Å². The van der Waals surface area contributed by atoms with E-state index in [0.717, 1.165) is 17.1 Å². The second-order valence-electron chi connectivity index (χ2n) is 7.09. The van der Waals surface area contributed by atoms with E-state index >= 15 is 0 Å². The highest BCUT2D eigenvalue weighted by molar-refractivity contribution is 5.77. The summed E-state index contributed by atoms with van der Waals surface area (Å²) in [4.78, 5) is 30.2. The normalized spacial score (nSPS) is 11.8. The Balaban J connectivity index is 2.22. The van der Waals surface area contributed by atoms with Crippen LogP contribution in [0.3, 0.4) is 0 Å². The molecule has 140 valence electrons. The molecule has 0 spiro atoms. The van der Waals surface area contributed by atoms with Crippen molar-refractivity contribution in [1.82, 2.24) is 23.1 Å². The van der Waals surface area contributed by atoms with Crippen LogP contribution in [0.2, 0.25) is 0 Å². The number of rotatable bonds is 2. The molecule has 0 fully saturated rings. The summed E-state index contributed by atoms with van der Waals surface area (Å²) in [5.74, 6) is 0.643. The minimum atomic E-state index is -0.345. The summed E-state index contributed by atoms with van der Waals surface area (Å²) in [7, 11) is 1.66. The molecule has 0 aliphatic heterocycles. The van der Waals surface area contributed by atoms with Crippen LogP contribution < -0.4 is 11.2 Å². The van der Waals surface area contributed by atoms with Crippen LogP contribution in [0.5, 0.6) is 0 Å². The van der Waals surface area contributed by atoms with Gasteiger partial charge in [-0.1, -0.05) is 6.07 Å². The van der Waals surface area contributed by atoms with Crippen LogP contribution in [0.4, 0.5) is 0 Å². The van der Waals surface area contributed by atoms with E-state index in [1.807, 2.05) is 22.8 Å². The number of aryl methyl sites for hydroxylation is 4. The molecule has 0 aliphatic carbocycles. The summed E-state index contributed by atoms with van der Waals surface area (Å²) < 4.78 is 6.61. The lowest BCUT2D eigenvalue weighted by molar-refractivity contribution is 0.636. The quantitative estimate of drug-likeness (QED) is 0.548. The van der Waals surface area contributed by atoms with E-state index in [1.54, 1.807) is 14.0 Å². The summed E-state index contributed by atoms with van der Waals surface area (Å²) >= 11 is 0. The maximum Gasteiger partial charge on any atom is 0.332 e. The number of hydrogen-bond acceptors (Lipinski definition) is 3. The van der Waals surface area contributed by atoms with Crippen molar-refractivity contribution in [3.05, 3.63) is 61.6 Å². The molecule has 7 nitrogen and oxygen atoms in total. The van der Waals surface area contributed by atoms with Crippen molar-refractivity contribution in [2.24, 2.45) is 7.05 Å². The molecule has 0 radical (unpaired) electrons. The van der Waals surface area contributed by atoms with Crippen LogP contribution >= 0.6 is 0 Å². The van der Waals surface area contributed by atoms with Gasteiger partial charge in [0.05, 0.1) is 0 Å². The molecule has 0 saturated heterocycles. The maximum absolute atomic E-state index is 13.0. The highest BCUT2D eigenvalue weighted by Gasteiger charge is 2.22. The molecule has 4 rings (SSSR count). The molecule has 0 bridgehead atoms. The molecule has 0 unspecified atom stereocenters. The highest BCUT2D eigenvalue weighted by atomic mass is 16.2. The van der Waals surface area contributed by atoms with Crippen molar-refractivity contribution < 1.29 is 0 Å². The van der Waals surface area contributed by atoms with Gasteiger partial charge >= 0.3 is 5.69 Å². The van der Waals surface area contributed by atoms with E-state index in [4.69, 9.17) is 4.98 Å². The predicted molar refractivity (Wildman–Crippen MR) is 106 cm³/mol. The monoisotopic (exact) mass is 365 g/mol. The molecule has 4 aromatic rings. The zero-order valence-corrected chi connectivity index (χ0v) is 16.5. The van der Waals surface area contributed by atoms with Crippen LogP contribution in [0, 0.1) is 27.7 Å². The summed E-state index contributed by atoms with van der Waals surface area (Å²) in [6, 6.07) is 6.25.